The third-order valence-electron chi connectivity index (χ3n) is 4.45. The van der Waals surface area contributed by atoms with Crippen molar-refractivity contribution in [3.05, 3.63) is 78.5 Å². The summed E-state index contributed by atoms with van der Waals surface area (Å²) in [5.41, 5.74) is 5.49. The van der Waals surface area contributed by atoms with Crippen molar-refractivity contribution in [1.29, 1.82) is 0 Å². The van der Waals surface area contributed by atoms with Gasteiger partial charge in [-0.3, -0.25) is 4.99 Å². The average Bonchev–Trinajstić information content (AvgIpc) is 3.21. The highest BCUT2D eigenvalue weighted by molar-refractivity contribution is 6.23. The number of fused-ring (bicyclic) bond motifs is 5. The fourth-order valence-electron chi connectivity index (χ4n) is 3.35. The van der Waals surface area contributed by atoms with Crippen LogP contribution in [-0.4, -0.2) is 16.2 Å². The molecule has 0 unspecified atom stereocenters. The zero-order valence-electron chi connectivity index (χ0n) is 13.0. The van der Waals surface area contributed by atoms with Crippen molar-refractivity contribution in [1.82, 2.24) is 9.97 Å². The lowest BCUT2D eigenvalue weighted by Crippen LogP contribution is -1.79. The van der Waals surface area contributed by atoms with E-state index < -0.39 is 0 Å². The highest BCUT2D eigenvalue weighted by Crippen LogP contribution is 2.33. The van der Waals surface area contributed by atoms with Gasteiger partial charge in [-0.25, -0.2) is 0 Å². The highest BCUT2D eigenvalue weighted by Gasteiger charge is 2.11. The van der Waals surface area contributed by atoms with Gasteiger partial charge in [0.1, 0.15) is 0 Å². The Bertz CT molecular complexity index is 1190. The molecule has 0 aliphatic rings. The van der Waals surface area contributed by atoms with Crippen molar-refractivity contribution < 1.29 is 0 Å². The van der Waals surface area contributed by atoms with Gasteiger partial charge >= 0.3 is 0 Å². The Morgan fingerprint density at radius 1 is 0.708 bits per heavy atom. The Labute approximate surface area is 138 Å². The Morgan fingerprint density at radius 3 is 2.42 bits per heavy atom. The molecule has 0 aliphatic heterocycles. The van der Waals surface area contributed by atoms with E-state index in [0.29, 0.717) is 0 Å². The molecular weight excluding hydrogens is 294 g/mol. The summed E-state index contributed by atoms with van der Waals surface area (Å²) < 4.78 is 0. The molecule has 0 bridgehead atoms. The van der Waals surface area contributed by atoms with Crippen LogP contribution in [0.3, 0.4) is 0 Å². The molecule has 0 saturated heterocycles. The van der Waals surface area contributed by atoms with Crippen LogP contribution in [0.5, 0.6) is 0 Å². The first-order valence-corrected chi connectivity index (χ1v) is 8.00. The number of hydrogen-bond acceptors (Lipinski definition) is 1. The van der Waals surface area contributed by atoms with E-state index in [0.717, 1.165) is 27.8 Å². The molecule has 24 heavy (non-hydrogen) atoms. The van der Waals surface area contributed by atoms with E-state index in [4.69, 9.17) is 0 Å². The first-order chi connectivity index (χ1) is 11.9. The molecule has 2 aromatic heterocycles. The molecule has 5 aromatic rings. The summed E-state index contributed by atoms with van der Waals surface area (Å²) in [4.78, 5) is 11.5. The zero-order valence-corrected chi connectivity index (χ0v) is 13.0. The van der Waals surface area contributed by atoms with Crippen LogP contribution in [0.15, 0.2) is 77.9 Å². The molecule has 114 valence electrons. The summed E-state index contributed by atoms with van der Waals surface area (Å²) in [6.07, 6.45) is 3.97. The molecule has 0 saturated carbocycles. The lowest BCUT2D eigenvalue weighted by Gasteiger charge is -1.97. The Kier molecular flexibility index (Phi) is 2.79. The number of hydrogen-bond donors (Lipinski definition) is 2. The summed E-state index contributed by atoms with van der Waals surface area (Å²) in [6, 6.07) is 22.7. The van der Waals surface area contributed by atoms with E-state index >= 15 is 0 Å². The maximum Gasteiger partial charge on any atom is 0.0629 e. The van der Waals surface area contributed by atoms with Gasteiger partial charge in [0.25, 0.3) is 0 Å². The van der Waals surface area contributed by atoms with E-state index in [1.54, 1.807) is 0 Å². The molecule has 0 spiro atoms. The molecule has 0 atom stereocenters. The van der Waals surface area contributed by atoms with Crippen molar-refractivity contribution >= 4 is 44.6 Å². The molecule has 5 rings (SSSR count). The van der Waals surface area contributed by atoms with Crippen LogP contribution in [-0.2, 0) is 0 Å². The van der Waals surface area contributed by atoms with Gasteiger partial charge in [0.05, 0.1) is 5.69 Å². The zero-order chi connectivity index (χ0) is 15.9. The predicted octanol–water partition coefficient (Wildman–Crippen LogP) is 5.55. The van der Waals surface area contributed by atoms with E-state index in [1.807, 2.05) is 42.7 Å². The highest BCUT2D eigenvalue weighted by atomic mass is 14.7. The van der Waals surface area contributed by atoms with E-state index in [-0.39, 0.29) is 0 Å². The summed E-state index contributed by atoms with van der Waals surface area (Å²) in [6.45, 7) is 0. The quantitative estimate of drug-likeness (QED) is 0.401. The van der Waals surface area contributed by atoms with Crippen molar-refractivity contribution in [2.24, 2.45) is 4.99 Å². The first kappa shape index (κ1) is 13.1. The molecule has 3 heteroatoms. The largest absolute Gasteiger partial charge is 0.360 e. The van der Waals surface area contributed by atoms with Gasteiger partial charge < -0.3 is 9.97 Å². The fourth-order valence-corrected chi connectivity index (χ4v) is 3.35. The first-order valence-electron chi connectivity index (χ1n) is 8.00. The van der Waals surface area contributed by atoms with Crippen molar-refractivity contribution in [2.45, 2.75) is 0 Å². The van der Waals surface area contributed by atoms with Crippen LogP contribution < -0.4 is 0 Å². The summed E-state index contributed by atoms with van der Waals surface area (Å²) >= 11 is 0. The number of nitrogens with zero attached hydrogens (tertiary/aromatic N) is 1. The van der Waals surface area contributed by atoms with Gasteiger partial charge in [0, 0.05) is 50.7 Å². The van der Waals surface area contributed by atoms with Gasteiger partial charge in [0.15, 0.2) is 0 Å². The minimum atomic E-state index is 0.956. The smallest absolute Gasteiger partial charge is 0.0629 e. The number of aromatic amines is 2. The number of aromatic nitrogens is 2. The molecule has 2 heterocycles. The van der Waals surface area contributed by atoms with Crippen molar-refractivity contribution in [3.63, 3.8) is 0 Å². The summed E-state index contributed by atoms with van der Waals surface area (Å²) in [7, 11) is 0. The molecular formula is C21H15N3. The maximum atomic E-state index is 4.61. The number of benzene rings is 3. The Balaban J connectivity index is 1.79. The molecule has 0 amide bonds. The fraction of sp³-hybridized carbons (Fsp3) is 0. The molecule has 3 aromatic carbocycles. The van der Waals surface area contributed by atoms with Gasteiger partial charge in [0.2, 0.25) is 0 Å². The summed E-state index contributed by atoms with van der Waals surface area (Å²) in [5, 5.41) is 3.70. The number of H-pyrrole nitrogens is 2. The van der Waals surface area contributed by atoms with Gasteiger partial charge in [-0.1, -0.05) is 36.4 Å². The third kappa shape index (κ3) is 1.95. The topological polar surface area (TPSA) is 43.9 Å². The van der Waals surface area contributed by atoms with Crippen molar-refractivity contribution in [3.8, 4) is 0 Å². The van der Waals surface area contributed by atoms with E-state index in [1.165, 1.54) is 16.2 Å². The minimum absolute atomic E-state index is 0.956. The van der Waals surface area contributed by atoms with Gasteiger partial charge in [-0.2, -0.15) is 0 Å². The van der Waals surface area contributed by atoms with Crippen LogP contribution in [0.25, 0.3) is 32.7 Å². The molecule has 0 aliphatic carbocycles. The minimum Gasteiger partial charge on any atom is -0.360 e. The van der Waals surface area contributed by atoms with Crippen LogP contribution in [0.4, 0.5) is 5.69 Å². The molecule has 0 fully saturated rings. The average molecular weight is 309 g/mol. The van der Waals surface area contributed by atoms with Crippen LogP contribution >= 0.6 is 0 Å². The SMILES string of the molecule is C(=Nc1ccccc1)c1c[nH]c2ccc3[nH]c4ccccc4c3c12. The van der Waals surface area contributed by atoms with Gasteiger partial charge in [-0.15, -0.1) is 0 Å². The second-order valence-corrected chi connectivity index (χ2v) is 5.92. The molecule has 0 radical (unpaired) electrons. The summed E-state index contributed by atoms with van der Waals surface area (Å²) in [5.74, 6) is 0. The molecule has 2 N–H and O–H groups in total. The Hall–Kier alpha value is -3.33. The molecule has 3 nitrogen and oxygen atoms in total. The van der Waals surface area contributed by atoms with Crippen LogP contribution in [0.2, 0.25) is 0 Å². The monoisotopic (exact) mass is 309 g/mol. The second-order valence-electron chi connectivity index (χ2n) is 5.92. The predicted molar refractivity (Wildman–Crippen MR) is 101 cm³/mol. The second kappa shape index (κ2) is 5.10. The van der Waals surface area contributed by atoms with Crippen molar-refractivity contribution in [2.75, 3.05) is 0 Å². The number of nitrogens with one attached hydrogen (secondary N) is 2. The third-order valence-corrected chi connectivity index (χ3v) is 4.45. The lowest BCUT2D eigenvalue weighted by atomic mass is 10.1. The maximum absolute atomic E-state index is 4.61. The number of para-hydroxylation sites is 2. The standard InChI is InChI=1S/C21H15N3/c1-2-6-15(7-3-1)22-12-14-13-23-18-10-11-19-21(20(14)18)16-8-4-5-9-17(16)24-19/h1-13,23-24H. The van der Waals surface area contributed by atoms with Gasteiger partial charge in [-0.05, 0) is 30.3 Å². The van der Waals surface area contributed by atoms with E-state index in [9.17, 15) is 0 Å². The van der Waals surface area contributed by atoms with Crippen LogP contribution in [0, 0.1) is 0 Å². The van der Waals surface area contributed by atoms with Crippen LogP contribution in [0.1, 0.15) is 5.56 Å². The Morgan fingerprint density at radius 2 is 1.50 bits per heavy atom. The van der Waals surface area contributed by atoms with E-state index in [2.05, 4.69) is 51.4 Å². The normalized spacial score (nSPS) is 12.0. The number of rotatable bonds is 2. The lowest BCUT2D eigenvalue weighted by molar-refractivity contribution is 1.47. The number of aliphatic imine (C=N–C) groups is 1.